The first-order valence-corrected chi connectivity index (χ1v) is 9.93. The van der Waals surface area contributed by atoms with Crippen molar-refractivity contribution >= 4 is 41.2 Å². The summed E-state index contributed by atoms with van der Waals surface area (Å²) in [6, 6.07) is 8.03. The highest BCUT2D eigenvalue weighted by atomic mass is 35.5. The van der Waals surface area contributed by atoms with Gasteiger partial charge in [-0.3, -0.25) is 4.79 Å². The number of rotatable bonds is 9. The largest absolute Gasteiger partial charge is 0.496 e. The van der Waals surface area contributed by atoms with Gasteiger partial charge in [0.05, 0.1) is 37.4 Å². The third-order valence-electron chi connectivity index (χ3n) is 4.30. The Kier molecular flexibility index (Phi) is 9.03. The molecule has 9 heteroatoms. The predicted octanol–water partition coefficient (Wildman–Crippen LogP) is 4.45. The molecular formula is C22H23Cl2NO6. The van der Waals surface area contributed by atoms with Gasteiger partial charge >= 0.3 is 5.97 Å². The van der Waals surface area contributed by atoms with E-state index < -0.39 is 18.5 Å². The first kappa shape index (κ1) is 24.4. The SMILES string of the molecule is COc1cc(OC)c(OC)cc1/C=C/C(=O)OCC(=O)NC(C)c1ccc(Cl)c(Cl)c1. The Morgan fingerprint density at radius 3 is 2.23 bits per heavy atom. The standard InChI is InChI=1S/C22H23Cl2NO6/c1-13(14-5-7-16(23)17(24)9-14)25-21(26)12-31-22(27)8-6-15-10-19(29-3)20(30-4)11-18(15)28-2/h5-11,13H,12H2,1-4H3,(H,25,26)/b8-6+. The predicted molar refractivity (Wildman–Crippen MR) is 119 cm³/mol. The molecule has 166 valence electrons. The van der Waals surface area contributed by atoms with Crippen LogP contribution in [0.4, 0.5) is 0 Å². The number of esters is 1. The van der Waals surface area contributed by atoms with Gasteiger partial charge < -0.3 is 24.3 Å². The summed E-state index contributed by atoms with van der Waals surface area (Å²) in [6.07, 6.45) is 2.69. The molecule has 0 aromatic heterocycles. The van der Waals surface area contributed by atoms with Crippen LogP contribution in [0.3, 0.4) is 0 Å². The van der Waals surface area contributed by atoms with Crippen molar-refractivity contribution in [3.63, 3.8) is 0 Å². The zero-order chi connectivity index (χ0) is 23.0. The van der Waals surface area contributed by atoms with Gasteiger partial charge in [-0.05, 0) is 36.8 Å². The molecule has 0 spiro atoms. The number of hydrogen-bond donors (Lipinski definition) is 1. The number of benzene rings is 2. The molecule has 2 rings (SSSR count). The summed E-state index contributed by atoms with van der Waals surface area (Å²) in [6.45, 7) is 1.35. The number of carbonyl (C=O) groups excluding carboxylic acids is 2. The summed E-state index contributed by atoms with van der Waals surface area (Å²) in [7, 11) is 4.51. The van der Waals surface area contributed by atoms with Gasteiger partial charge in [-0.25, -0.2) is 4.79 Å². The van der Waals surface area contributed by atoms with Crippen LogP contribution in [0.1, 0.15) is 24.1 Å². The van der Waals surface area contributed by atoms with E-state index in [0.717, 1.165) is 5.56 Å². The quantitative estimate of drug-likeness (QED) is 0.433. The number of methoxy groups -OCH3 is 3. The average molecular weight is 468 g/mol. The Bertz CT molecular complexity index is 977. The third-order valence-corrected chi connectivity index (χ3v) is 5.04. The maximum Gasteiger partial charge on any atom is 0.331 e. The van der Waals surface area contributed by atoms with Gasteiger partial charge in [-0.1, -0.05) is 29.3 Å². The van der Waals surface area contributed by atoms with E-state index in [1.54, 1.807) is 37.3 Å². The molecule has 2 aromatic carbocycles. The Hall–Kier alpha value is -2.90. The summed E-state index contributed by atoms with van der Waals surface area (Å²) in [4.78, 5) is 24.1. The van der Waals surface area contributed by atoms with Crippen molar-refractivity contribution in [2.75, 3.05) is 27.9 Å². The molecule has 0 aliphatic heterocycles. The van der Waals surface area contributed by atoms with Gasteiger partial charge in [0.1, 0.15) is 5.75 Å². The lowest BCUT2D eigenvalue weighted by molar-refractivity contribution is -0.144. The summed E-state index contributed by atoms with van der Waals surface area (Å²) >= 11 is 11.9. The van der Waals surface area contributed by atoms with Crippen LogP contribution < -0.4 is 19.5 Å². The summed E-state index contributed by atoms with van der Waals surface area (Å²) < 4.78 is 20.8. The van der Waals surface area contributed by atoms with E-state index in [0.29, 0.717) is 32.9 Å². The molecule has 0 saturated carbocycles. The van der Waals surface area contributed by atoms with Crippen LogP contribution >= 0.6 is 23.2 Å². The molecule has 1 amide bonds. The maximum absolute atomic E-state index is 12.1. The fourth-order valence-electron chi connectivity index (χ4n) is 2.67. The van der Waals surface area contributed by atoms with Crippen LogP contribution in [0.25, 0.3) is 6.08 Å². The number of amides is 1. The molecule has 1 N–H and O–H groups in total. The monoisotopic (exact) mass is 467 g/mol. The van der Waals surface area contributed by atoms with Crippen LogP contribution in [0, 0.1) is 0 Å². The van der Waals surface area contributed by atoms with E-state index in [4.69, 9.17) is 42.1 Å². The Balaban J connectivity index is 1.94. The summed E-state index contributed by atoms with van der Waals surface area (Å²) in [5, 5.41) is 3.54. The topological polar surface area (TPSA) is 83.1 Å². The molecule has 0 bridgehead atoms. The van der Waals surface area contributed by atoms with Crippen LogP contribution in [0.15, 0.2) is 36.4 Å². The van der Waals surface area contributed by atoms with Crippen molar-refractivity contribution < 1.29 is 28.5 Å². The van der Waals surface area contributed by atoms with Crippen molar-refractivity contribution in [2.45, 2.75) is 13.0 Å². The molecule has 0 heterocycles. The first-order valence-electron chi connectivity index (χ1n) is 9.18. The van der Waals surface area contributed by atoms with Crippen LogP contribution in [-0.2, 0) is 14.3 Å². The minimum absolute atomic E-state index is 0.340. The van der Waals surface area contributed by atoms with Gasteiger partial charge in [0.15, 0.2) is 18.1 Å². The van der Waals surface area contributed by atoms with Crippen molar-refractivity contribution in [2.24, 2.45) is 0 Å². The normalized spacial score (nSPS) is 11.7. The van der Waals surface area contributed by atoms with Gasteiger partial charge in [-0.15, -0.1) is 0 Å². The van der Waals surface area contributed by atoms with Crippen LogP contribution in [0.5, 0.6) is 17.2 Å². The smallest absolute Gasteiger partial charge is 0.331 e. The molecule has 31 heavy (non-hydrogen) atoms. The van der Waals surface area contributed by atoms with Gasteiger partial charge in [0.25, 0.3) is 5.91 Å². The van der Waals surface area contributed by atoms with E-state index in [1.165, 1.54) is 33.5 Å². The van der Waals surface area contributed by atoms with Gasteiger partial charge in [-0.2, -0.15) is 0 Å². The minimum Gasteiger partial charge on any atom is -0.496 e. The molecule has 0 saturated heterocycles. The molecular weight excluding hydrogens is 445 g/mol. The third kappa shape index (κ3) is 6.80. The zero-order valence-corrected chi connectivity index (χ0v) is 19.0. The van der Waals surface area contributed by atoms with Gasteiger partial charge in [0.2, 0.25) is 0 Å². The van der Waals surface area contributed by atoms with Crippen LogP contribution in [0.2, 0.25) is 10.0 Å². The van der Waals surface area contributed by atoms with Gasteiger partial charge in [0, 0.05) is 17.7 Å². The number of hydrogen-bond acceptors (Lipinski definition) is 6. The molecule has 0 fully saturated rings. The molecule has 0 aliphatic rings. The molecule has 1 atom stereocenters. The number of carbonyl (C=O) groups is 2. The minimum atomic E-state index is -0.686. The summed E-state index contributed by atoms with van der Waals surface area (Å²) in [5.74, 6) is 0.312. The van der Waals surface area contributed by atoms with Crippen molar-refractivity contribution in [1.82, 2.24) is 5.32 Å². The highest BCUT2D eigenvalue weighted by Gasteiger charge is 2.13. The Morgan fingerprint density at radius 2 is 1.61 bits per heavy atom. The Labute approximate surface area is 190 Å². The van der Waals surface area contributed by atoms with E-state index in [-0.39, 0.29) is 6.04 Å². The highest BCUT2D eigenvalue weighted by molar-refractivity contribution is 6.42. The number of nitrogens with one attached hydrogen (secondary N) is 1. The van der Waals surface area contributed by atoms with Crippen molar-refractivity contribution in [1.29, 1.82) is 0 Å². The lowest BCUT2D eigenvalue weighted by atomic mass is 10.1. The summed E-state index contributed by atoms with van der Waals surface area (Å²) in [5.41, 5.74) is 1.35. The van der Waals surface area contributed by atoms with E-state index in [2.05, 4.69) is 5.32 Å². The van der Waals surface area contributed by atoms with E-state index >= 15 is 0 Å². The van der Waals surface area contributed by atoms with E-state index in [1.807, 2.05) is 0 Å². The second kappa shape index (κ2) is 11.5. The highest BCUT2D eigenvalue weighted by Crippen LogP contribution is 2.35. The fraction of sp³-hybridized carbons (Fsp3) is 0.273. The maximum atomic E-state index is 12.1. The van der Waals surface area contributed by atoms with E-state index in [9.17, 15) is 9.59 Å². The zero-order valence-electron chi connectivity index (χ0n) is 17.5. The lowest BCUT2D eigenvalue weighted by Crippen LogP contribution is -2.30. The molecule has 7 nitrogen and oxygen atoms in total. The number of ether oxygens (including phenoxy) is 4. The molecule has 2 aromatic rings. The van der Waals surface area contributed by atoms with Crippen molar-refractivity contribution in [3.05, 3.63) is 57.6 Å². The second-order valence-electron chi connectivity index (χ2n) is 6.35. The fourth-order valence-corrected chi connectivity index (χ4v) is 2.98. The first-order chi connectivity index (χ1) is 14.8. The van der Waals surface area contributed by atoms with Crippen LogP contribution in [-0.4, -0.2) is 39.8 Å². The van der Waals surface area contributed by atoms with Crippen molar-refractivity contribution in [3.8, 4) is 17.2 Å². The second-order valence-corrected chi connectivity index (χ2v) is 7.17. The Morgan fingerprint density at radius 1 is 0.968 bits per heavy atom. The average Bonchev–Trinajstić information content (AvgIpc) is 2.77. The molecule has 1 unspecified atom stereocenters. The molecule has 0 radical (unpaired) electrons. The number of halogens is 2. The molecule has 0 aliphatic carbocycles. The lowest BCUT2D eigenvalue weighted by Gasteiger charge is -2.15.